The summed E-state index contributed by atoms with van der Waals surface area (Å²) >= 11 is 5.75. The van der Waals surface area contributed by atoms with Gasteiger partial charge in [0.05, 0.1) is 24.3 Å². The first-order valence-electron chi connectivity index (χ1n) is 5.68. The minimum absolute atomic E-state index is 0.0649. The Labute approximate surface area is 105 Å². The molecule has 6 heteroatoms. The monoisotopic (exact) mass is 259 g/mol. The van der Waals surface area contributed by atoms with Gasteiger partial charge >= 0.3 is 0 Å². The number of anilines is 1. The van der Waals surface area contributed by atoms with Crippen LogP contribution in [0, 0.1) is 5.82 Å². The predicted molar refractivity (Wildman–Crippen MR) is 64.0 cm³/mol. The van der Waals surface area contributed by atoms with Crippen molar-refractivity contribution in [2.45, 2.75) is 19.4 Å². The summed E-state index contributed by atoms with van der Waals surface area (Å²) in [5.74, 6) is 0.435. The third kappa shape index (κ3) is 2.66. The Hall–Kier alpha value is -0.940. The second kappa shape index (κ2) is 5.60. The van der Waals surface area contributed by atoms with Gasteiger partial charge in [-0.25, -0.2) is 14.4 Å². The Morgan fingerprint density at radius 1 is 1.59 bits per heavy atom. The fraction of sp³-hybridized carbons (Fsp3) is 0.636. The van der Waals surface area contributed by atoms with Crippen molar-refractivity contribution in [3.05, 3.63) is 17.8 Å². The molecule has 94 valence electrons. The highest BCUT2D eigenvalue weighted by Gasteiger charge is 2.24. The Kier molecular flexibility index (Phi) is 4.12. The number of hydrogen-bond acceptors (Lipinski definition) is 4. The molecule has 1 unspecified atom stereocenters. The molecule has 1 aromatic heterocycles. The van der Waals surface area contributed by atoms with Crippen molar-refractivity contribution in [3.63, 3.8) is 0 Å². The lowest BCUT2D eigenvalue weighted by molar-refractivity contribution is 0.0549. The number of halogens is 2. The number of nitrogens with zero attached hydrogens (tertiary/aromatic N) is 3. The first-order chi connectivity index (χ1) is 8.26. The zero-order valence-corrected chi connectivity index (χ0v) is 10.5. The van der Waals surface area contributed by atoms with Crippen LogP contribution >= 0.6 is 11.6 Å². The highest BCUT2D eigenvalue weighted by molar-refractivity contribution is 6.18. The molecule has 1 aliphatic heterocycles. The van der Waals surface area contributed by atoms with Gasteiger partial charge in [-0.3, -0.25) is 0 Å². The summed E-state index contributed by atoms with van der Waals surface area (Å²) in [5, 5.41) is 0. The smallest absolute Gasteiger partial charge is 0.187 e. The average Bonchev–Trinajstić information content (AvgIpc) is 2.39. The van der Waals surface area contributed by atoms with Gasteiger partial charge in [0.25, 0.3) is 0 Å². The van der Waals surface area contributed by atoms with E-state index in [0.717, 1.165) is 0 Å². The van der Waals surface area contributed by atoms with Gasteiger partial charge in [0.15, 0.2) is 11.6 Å². The van der Waals surface area contributed by atoms with Gasteiger partial charge in [-0.1, -0.05) is 6.92 Å². The molecule has 1 saturated heterocycles. The molecular weight excluding hydrogens is 245 g/mol. The number of ether oxygens (including phenoxy) is 1. The van der Waals surface area contributed by atoms with E-state index in [4.69, 9.17) is 16.3 Å². The van der Waals surface area contributed by atoms with Gasteiger partial charge in [0.2, 0.25) is 0 Å². The SMILES string of the molecule is CCc1ncnc(N2CCOC(CCl)C2)c1F. The van der Waals surface area contributed by atoms with Gasteiger partial charge in [-0.2, -0.15) is 0 Å². The predicted octanol–water partition coefficient (Wildman–Crippen LogP) is 1.62. The van der Waals surface area contributed by atoms with Gasteiger partial charge in [0.1, 0.15) is 6.33 Å². The summed E-state index contributed by atoms with van der Waals surface area (Å²) in [4.78, 5) is 9.81. The Morgan fingerprint density at radius 3 is 3.12 bits per heavy atom. The third-order valence-corrected chi connectivity index (χ3v) is 3.13. The summed E-state index contributed by atoms with van der Waals surface area (Å²) in [6, 6.07) is 0. The largest absolute Gasteiger partial charge is 0.373 e. The van der Waals surface area contributed by atoms with Gasteiger partial charge in [0, 0.05) is 13.1 Å². The van der Waals surface area contributed by atoms with Crippen LogP contribution in [-0.2, 0) is 11.2 Å². The maximum absolute atomic E-state index is 14.0. The molecule has 0 amide bonds. The molecule has 0 saturated carbocycles. The zero-order valence-electron chi connectivity index (χ0n) is 9.70. The van der Waals surface area contributed by atoms with Gasteiger partial charge in [-0.05, 0) is 6.42 Å². The Morgan fingerprint density at radius 2 is 2.41 bits per heavy atom. The Bertz CT molecular complexity index is 391. The molecule has 0 aliphatic carbocycles. The topological polar surface area (TPSA) is 38.2 Å². The highest BCUT2D eigenvalue weighted by atomic mass is 35.5. The zero-order chi connectivity index (χ0) is 12.3. The molecule has 0 N–H and O–H groups in total. The number of hydrogen-bond donors (Lipinski definition) is 0. The molecule has 17 heavy (non-hydrogen) atoms. The van der Waals surface area contributed by atoms with Gasteiger partial charge < -0.3 is 9.64 Å². The first kappa shape index (κ1) is 12.5. The highest BCUT2D eigenvalue weighted by Crippen LogP contribution is 2.20. The molecule has 4 nitrogen and oxygen atoms in total. The second-order valence-corrected chi connectivity index (χ2v) is 4.21. The molecule has 2 rings (SSSR count). The van der Waals surface area contributed by atoms with Crippen molar-refractivity contribution < 1.29 is 9.13 Å². The minimum Gasteiger partial charge on any atom is -0.373 e. The van der Waals surface area contributed by atoms with Crippen molar-refractivity contribution in [1.82, 2.24) is 9.97 Å². The first-order valence-corrected chi connectivity index (χ1v) is 6.21. The van der Waals surface area contributed by atoms with E-state index in [0.29, 0.717) is 43.5 Å². The van der Waals surface area contributed by atoms with Crippen molar-refractivity contribution in [2.75, 3.05) is 30.5 Å². The summed E-state index contributed by atoms with van der Waals surface area (Å²) < 4.78 is 19.5. The van der Waals surface area contributed by atoms with Gasteiger partial charge in [-0.15, -0.1) is 11.6 Å². The van der Waals surface area contributed by atoms with Crippen LogP contribution in [0.2, 0.25) is 0 Å². The maximum atomic E-state index is 14.0. The van der Waals surface area contributed by atoms with E-state index in [1.807, 2.05) is 11.8 Å². The molecule has 1 fully saturated rings. The lowest BCUT2D eigenvalue weighted by Crippen LogP contribution is -2.44. The van der Waals surface area contributed by atoms with Crippen molar-refractivity contribution in [1.29, 1.82) is 0 Å². The molecule has 1 atom stereocenters. The van der Waals surface area contributed by atoms with Crippen LogP contribution in [0.4, 0.5) is 10.2 Å². The van der Waals surface area contributed by atoms with Crippen LogP contribution < -0.4 is 4.90 Å². The second-order valence-electron chi connectivity index (χ2n) is 3.90. The van der Waals surface area contributed by atoms with E-state index in [1.54, 1.807) is 0 Å². The third-order valence-electron chi connectivity index (χ3n) is 2.79. The summed E-state index contributed by atoms with van der Waals surface area (Å²) in [7, 11) is 0. The molecule has 0 bridgehead atoms. The maximum Gasteiger partial charge on any atom is 0.187 e. The van der Waals surface area contributed by atoms with E-state index in [1.165, 1.54) is 6.33 Å². The molecule has 0 aromatic carbocycles. The number of alkyl halides is 1. The van der Waals surface area contributed by atoms with E-state index < -0.39 is 0 Å². The molecule has 0 spiro atoms. The normalized spacial score (nSPS) is 20.6. The van der Waals surface area contributed by atoms with Crippen LogP contribution in [0.5, 0.6) is 0 Å². The number of aromatic nitrogens is 2. The van der Waals surface area contributed by atoms with E-state index in [-0.39, 0.29) is 11.9 Å². The lowest BCUT2D eigenvalue weighted by atomic mass is 10.2. The van der Waals surface area contributed by atoms with E-state index in [2.05, 4.69) is 9.97 Å². The summed E-state index contributed by atoms with van der Waals surface area (Å²) in [6.07, 6.45) is 1.90. The number of aryl methyl sites for hydroxylation is 1. The molecular formula is C11H15ClFN3O. The minimum atomic E-state index is -0.328. The van der Waals surface area contributed by atoms with E-state index in [9.17, 15) is 4.39 Å². The number of morpholine rings is 1. The van der Waals surface area contributed by atoms with Crippen LogP contribution in [-0.4, -0.2) is 41.6 Å². The van der Waals surface area contributed by atoms with Crippen LogP contribution in [0.25, 0.3) is 0 Å². The van der Waals surface area contributed by atoms with Crippen LogP contribution in [0.15, 0.2) is 6.33 Å². The molecule has 0 radical (unpaired) electrons. The molecule has 1 aromatic rings. The van der Waals surface area contributed by atoms with Crippen LogP contribution in [0.3, 0.4) is 0 Å². The average molecular weight is 260 g/mol. The Balaban J connectivity index is 2.21. The summed E-state index contributed by atoms with van der Waals surface area (Å²) in [5.41, 5.74) is 0.448. The molecule has 1 aliphatic rings. The standard InChI is InChI=1S/C11H15ClFN3O/c1-2-9-10(13)11(15-7-14-9)16-3-4-17-8(5-12)6-16/h7-8H,2-6H2,1H3. The lowest BCUT2D eigenvalue weighted by Gasteiger charge is -2.33. The fourth-order valence-electron chi connectivity index (χ4n) is 1.87. The summed E-state index contributed by atoms with van der Waals surface area (Å²) in [6.45, 7) is 3.61. The van der Waals surface area contributed by atoms with E-state index >= 15 is 0 Å². The van der Waals surface area contributed by atoms with Crippen LogP contribution in [0.1, 0.15) is 12.6 Å². The van der Waals surface area contributed by atoms with Crippen molar-refractivity contribution in [2.24, 2.45) is 0 Å². The number of rotatable bonds is 3. The van der Waals surface area contributed by atoms with Crippen molar-refractivity contribution in [3.8, 4) is 0 Å². The molecule has 2 heterocycles. The van der Waals surface area contributed by atoms with Crippen molar-refractivity contribution >= 4 is 17.4 Å². The quantitative estimate of drug-likeness (QED) is 0.774. The fourth-order valence-corrected chi connectivity index (χ4v) is 2.05.